The van der Waals surface area contributed by atoms with Gasteiger partial charge in [-0.05, 0) is 18.6 Å². The molecule has 1 N–H and O–H groups in total. The molecular formula is C15H18N2O6S. The maximum absolute atomic E-state index is 12.6. The van der Waals surface area contributed by atoms with Gasteiger partial charge in [-0.25, -0.2) is 8.42 Å². The molecule has 1 aromatic carbocycles. The first-order valence-corrected chi connectivity index (χ1v) is 9.56. The van der Waals surface area contributed by atoms with Gasteiger partial charge in [-0.1, -0.05) is 0 Å². The number of sulfonamides is 1. The molecule has 3 atom stereocenters. The maximum Gasteiger partial charge on any atom is 0.231 e. The average Bonchev–Trinajstić information content (AvgIpc) is 3.09. The number of morpholine rings is 1. The molecule has 8 nitrogen and oxygen atoms in total. The van der Waals surface area contributed by atoms with Gasteiger partial charge in [0.2, 0.25) is 22.7 Å². The van der Waals surface area contributed by atoms with Crippen LogP contribution >= 0.6 is 0 Å². The SMILES string of the molecule is CS(=O)(=O)N1C[C@@H]2C[C@@H](C(=O)Nc3ccc4c(c3)OCO4)[C@H](C1)O2. The zero-order valence-electron chi connectivity index (χ0n) is 13.1. The highest BCUT2D eigenvalue weighted by Crippen LogP contribution is 2.36. The second-order valence-electron chi connectivity index (χ2n) is 6.28. The standard InChI is InChI=1S/C15H18N2O6S/c1-24(19,20)17-6-10-5-11(14(7-17)23-10)15(18)16-9-2-3-12-13(4-9)22-8-21-12/h2-4,10-11,14H,5-8H2,1H3,(H,16,18)/t10-,11+,14-/m0/s1. The molecule has 0 aliphatic carbocycles. The quantitative estimate of drug-likeness (QED) is 0.845. The Labute approximate surface area is 139 Å². The Kier molecular flexibility index (Phi) is 3.66. The van der Waals surface area contributed by atoms with Crippen molar-refractivity contribution >= 4 is 21.6 Å². The minimum absolute atomic E-state index is 0.170. The zero-order chi connectivity index (χ0) is 16.9. The van der Waals surface area contributed by atoms with E-state index in [-0.39, 0.29) is 31.3 Å². The van der Waals surface area contributed by atoms with Crippen molar-refractivity contribution in [2.24, 2.45) is 5.92 Å². The summed E-state index contributed by atoms with van der Waals surface area (Å²) in [5.74, 6) is 0.707. The van der Waals surface area contributed by atoms with Crippen molar-refractivity contribution in [1.29, 1.82) is 0 Å². The van der Waals surface area contributed by atoms with E-state index in [1.807, 2.05) is 0 Å². The molecule has 0 aromatic heterocycles. The fourth-order valence-electron chi connectivity index (χ4n) is 3.38. The summed E-state index contributed by atoms with van der Waals surface area (Å²) in [7, 11) is -3.28. The third kappa shape index (κ3) is 2.83. The fourth-order valence-corrected chi connectivity index (χ4v) is 4.23. The van der Waals surface area contributed by atoms with E-state index < -0.39 is 16.1 Å². The second-order valence-corrected chi connectivity index (χ2v) is 8.26. The van der Waals surface area contributed by atoms with Crippen molar-refractivity contribution in [3.8, 4) is 11.5 Å². The lowest BCUT2D eigenvalue weighted by Crippen LogP contribution is -2.46. The molecule has 4 rings (SSSR count). The summed E-state index contributed by atoms with van der Waals surface area (Å²) in [4.78, 5) is 12.6. The molecule has 0 radical (unpaired) electrons. The van der Waals surface area contributed by atoms with Crippen LogP contribution < -0.4 is 14.8 Å². The first-order chi connectivity index (χ1) is 11.4. The molecule has 130 valence electrons. The van der Waals surface area contributed by atoms with Crippen molar-refractivity contribution in [3.05, 3.63) is 18.2 Å². The van der Waals surface area contributed by atoms with Gasteiger partial charge in [0.15, 0.2) is 11.5 Å². The number of hydrogen-bond donors (Lipinski definition) is 1. The minimum atomic E-state index is -3.28. The van der Waals surface area contributed by atoms with Crippen LogP contribution in [0.1, 0.15) is 6.42 Å². The number of carbonyl (C=O) groups is 1. The molecule has 1 amide bonds. The molecule has 0 saturated carbocycles. The van der Waals surface area contributed by atoms with Gasteiger partial charge < -0.3 is 19.5 Å². The van der Waals surface area contributed by atoms with E-state index in [0.29, 0.717) is 30.2 Å². The molecule has 0 unspecified atom stereocenters. The highest BCUT2D eigenvalue weighted by molar-refractivity contribution is 7.88. The highest BCUT2D eigenvalue weighted by atomic mass is 32.2. The summed E-state index contributed by atoms with van der Waals surface area (Å²) in [6.07, 6.45) is 1.06. The maximum atomic E-state index is 12.6. The molecule has 3 heterocycles. The smallest absolute Gasteiger partial charge is 0.231 e. The van der Waals surface area contributed by atoms with Crippen molar-refractivity contribution < 1.29 is 27.4 Å². The minimum Gasteiger partial charge on any atom is -0.454 e. The summed E-state index contributed by atoms with van der Waals surface area (Å²) in [5, 5.41) is 2.86. The van der Waals surface area contributed by atoms with Crippen LogP contribution in [0.25, 0.3) is 0 Å². The van der Waals surface area contributed by atoms with Gasteiger partial charge in [0.25, 0.3) is 0 Å². The number of nitrogens with zero attached hydrogens (tertiary/aromatic N) is 1. The molecule has 2 fully saturated rings. The van der Waals surface area contributed by atoms with E-state index in [2.05, 4.69) is 5.32 Å². The van der Waals surface area contributed by atoms with Crippen LogP contribution in [-0.4, -0.2) is 57.0 Å². The van der Waals surface area contributed by atoms with Gasteiger partial charge in [-0.3, -0.25) is 4.79 Å². The Balaban J connectivity index is 1.46. The number of anilines is 1. The summed E-state index contributed by atoms with van der Waals surface area (Å²) < 4.78 is 41.1. The molecule has 3 aliphatic rings. The van der Waals surface area contributed by atoms with Gasteiger partial charge >= 0.3 is 0 Å². The number of hydrogen-bond acceptors (Lipinski definition) is 6. The van der Waals surface area contributed by atoms with Crippen molar-refractivity contribution in [3.63, 3.8) is 0 Å². The van der Waals surface area contributed by atoms with E-state index in [9.17, 15) is 13.2 Å². The molecule has 24 heavy (non-hydrogen) atoms. The second kappa shape index (κ2) is 5.61. The highest BCUT2D eigenvalue weighted by Gasteiger charge is 2.46. The van der Waals surface area contributed by atoms with Crippen LogP contribution in [0.15, 0.2) is 18.2 Å². The lowest BCUT2D eigenvalue weighted by molar-refractivity contribution is -0.122. The molecule has 3 aliphatic heterocycles. The predicted octanol–water partition coefficient (Wildman–Crippen LogP) is 0.403. The lowest BCUT2D eigenvalue weighted by Gasteiger charge is -2.30. The van der Waals surface area contributed by atoms with E-state index in [0.717, 1.165) is 0 Å². The van der Waals surface area contributed by atoms with E-state index >= 15 is 0 Å². The normalized spacial score (nSPS) is 28.8. The number of ether oxygens (including phenoxy) is 3. The number of amides is 1. The van der Waals surface area contributed by atoms with E-state index in [1.165, 1.54) is 10.6 Å². The molecule has 1 aromatic rings. The Hall–Kier alpha value is -1.84. The van der Waals surface area contributed by atoms with Crippen molar-refractivity contribution in [1.82, 2.24) is 4.31 Å². The Morgan fingerprint density at radius 3 is 2.83 bits per heavy atom. The van der Waals surface area contributed by atoms with Gasteiger partial charge in [0, 0.05) is 24.8 Å². The first kappa shape index (κ1) is 15.7. The summed E-state index contributed by atoms with van der Waals surface area (Å²) in [6, 6.07) is 5.20. The Morgan fingerprint density at radius 1 is 1.25 bits per heavy atom. The van der Waals surface area contributed by atoms with Crippen molar-refractivity contribution in [2.75, 3.05) is 31.5 Å². The molecule has 9 heteroatoms. The predicted molar refractivity (Wildman–Crippen MR) is 84.4 cm³/mol. The monoisotopic (exact) mass is 354 g/mol. The number of benzene rings is 1. The average molecular weight is 354 g/mol. The van der Waals surface area contributed by atoms with Gasteiger partial charge in [0.05, 0.1) is 24.4 Å². The summed E-state index contributed by atoms with van der Waals surface area (Å²) in [6.45, 7) is 0.700. The third-order valence-corrected chi connectivity index (χ3v) is 5.81. The molecular weight excluding hydrogens is 336 g/mol. The van der Waals surface area contributed by atoms with E-state index in [4.69, 9.17) is 14.2 Å². The van der Waals surface area contributed by atoms with Crippen molar-refractivity contribution in [2.45, 2.75) is 18.6 Å². The molecule has 2 bridgehead atoms. The number of fused-ring (bicyclic) bond motifs is 3. The number of carbonyl (C=O) groups excluding carboxylic acids is 1. The largest absolute Gasteiger partial charge is 0.454 e. The van der Waals surface area contributed by atoms with Crippen LogP contribution in [0.5, 0.6) is 11.5 Å². The van der Waals surface area contributed by atoms with E-state index in [1.54, 1.807) is 18.2 Å². The van der Waals surface area contributed by atoms with Crippen LogP contribution in [0.2, 0.25) is 0 Å². The fraction of sp³-hybridized carbons (Fsp3) is 0.533. The number of rotatable bonds is 3. The molecule has 2 saturated heterocycles. The topological polar surface area (TPSA) is 94.2 Å². The Bertz CT molecular complexity index is 780. The van der Waals surface area contributed by atoms with Crippen LogP contribution in [0.3, 0.4) is 0 Å². The zero-order valence-corrected chi connectivity index (χ0v) is 13.9. The third-order valence-electron chi connectivity index (χ3n) is 4.57. The Morgan fingerprint density at radius 2 is 2.04 bits per heavy atom. The van der Waals surface area contributed by atoms with Crippen LogP contribution in [0, 0.1) is 5.92 Å². The lowest BCUT2D eigenvalue weighted by atomic mass is 9.99. The van der Waals surface area contributed by atoms with Gasteiger partial charge in [0.1, 0.15) is 0 Å². The van der Waals surface area contributed by atoms with Gasteiger partial charge in [-0.15, -0.1) is 0 Å². The van der Waals surface area contributed by atoms with Crippen LogP contribution in [0.4, 0.5) is 5.69 Å². The summed E-state index contributed by atoms with van der Waals surface area (Å²) >= 11 is 0. The summed E-state index contributed by atoms with van der Waals surface area (Å²) in [5.41, 5.74) is 0.616. The first-order valence-electron chi connectivity index (χ1n) is 7.71. The van der Waals surface area contributed by atoms with Crippen LogP contribution in [-0.2, 0) is 19.6 Å². The van der Waals surface area contributed by atoms with Gasteiger partial charge in [-0.2, -0.15) is 4.31 Å². The molecule has 0 spiro atoms. The number of nitrogens with one attached hydrogen (secondary N) is 1.